The second-order valence-electron chi connectivity index (χ2n) is 9.74. The molecule has 1 atom stereocenters. The van der Waals surface area contributed by atoms with Crippen molar-refractivity contribution in [1.82, 2.24) is 0 Å². The van der Waals surface area contributed by atoms with E-state index in [1.807, 2.05) is 0 Å². The van der Waals surface area contributed by atoms with Gasteiger partial charge in [0.25, 0.3) is 0 Å². The third-order valence-corrected chi connectivity index (χ3v) is 6.61. The van der Waals surface area contributed by atoms with E-state index in [9.17, 15) is 14.2 Å². The fourth-order valence-corrected chi connectivity index (χ4v) is 4.32. The van der Waals surface area contributed by atoms with Crippen LogP contribution in [0.5, 0.6) is 0 Å². The van der Waals surface area contributed by atoms with Crippen LogP contribution in [0.2, 0.25) is 0 Å². The molecule has 0 saturated heterocycles. The summed E-state index contributed by atoms with van der Waals surface area (Å²) in [5, 5.41) is 0. The summed E-state index contributed by atoms with van der Waals surface area (Å²) in [5.74, 6) is -0.888. The van der Waals surface area contributed by atoms with Crippen LogP contribution in [0.25, 0.3) is 0 Å². The van der Waals surface area contributed by atoms with Crippen LogP contribution >= 0.6 is 7.82 Å². The molecule has 0 fully saturated rings. The average molecular weight is 537 g/mol. The number of hydrogen-bond acceptors (Lipinski definition) is 6. The summed E-state index contributed by atoms with van der Waals surface area (Å²) in [6, 6.07) is 0. The van der Waals surface area contributed by atoms with Gasteiger partial charge in [-0.2, -0.15) is 0 Å². The van der Waals surface area contributed by atoms with Gasteiger partial charge in [-0.15, -0.1) is 0 Å². The quantitative estimate of drug-likeness (QED) is 0.0667. The summed E-state index contributed by atoms with van der Waals surface area (Å²) in [6.07, 6.45) is 19.9. The number of phosphoric acid groups is 1. The van der Waals surface area contributed by atoms with Gasteiger partial charge in [-0.3, -0.25) is 14.1 Å². The highest BCUT2D eigenvalue weighted by molar-refractivity contribution is 7.46. The van der Waals surface area contributed by atoms with E-state index in [2.05, 4.69) is 18.4 Å². The molecule has 0 amide bonds. The van der Waals surface area contributed by atoms with Crippen LogP contribution in [0.15, 0.2) is 0 Å². The first kappa shape index (κ1) is 35.0. The standard InChI is InChI=1S/C27H53O8P/c1-3-5-7-9-11-13-14-16-17-19-21-26(28)33-23-25(24-34-36(30,31)32)35-27(29)22-20-18-15-12-10-8-6-4-2/h25H,3-24H2,1-2H3,(H2,30,31,32)/t25-/m1/s1. The van der Waals surface area contributed by atoms with Crippen molar-refractivity contribution in [1.29, 1.82) is 0 Å². The summed E-state index contributed by atoms with van der Waals surface area (Å²) in [4.78, 5) is 42.1. The molecule has 36 heavy (non-hydrogen) atoms. The van der Waals surface area contributed by atoms with Gasteiger partial charge in [-0.1, -0.05) is 117 Å². The molecule has 0 heterocycles. The SMILES string of the molecule is CCCCCCCCCCCCC(=O)OC[C@H](COP(=O)(O)O)OC(=O)CCCCCCCCCC. The topological polar surface area (TPSA) is 119 Å². The number of esters is 2. The Labute approximate surface area is 219 Å². The van der Waals surface area contributed by atoms with Gasteiger partial charge in [0.2, 0.25) is 0 Å². The van der Waals surface area contributed by atoms with Crippen LogP contribution in [0.1, 0.15) is 142 Å². The zero-order valence-electron chi connectivity index (χ0n) is 22.9. The van der Waals surface area contributed by atoms with Crippen molar-refractivity contribution in [2.45, 2.75) is 148 Å². The number of phosphoric ester groups is 1. The van der Waals surface area contributed by atoms with Crippen LogP contribution < -0.4 is 0 Å². The monoisotopic (exact) mass is 536 g/mol. The van der Waals surface area contributed by atoms with Crippen molar-refractivity contribution in [2.24, 2.45) is 0 Å². The van der Waals surface area contributed by atoms with E-state index in [1.165, 1.54) is 70.6 Å². The summed E-state index contributed by atoms with van der Waals surface area (Å²) in [7, 11) is -4.72. The van der Waals surface area contributed by atoms with E-state index in [4.69, 9.17) is 19.3 Å². The largest absolute Gasteiger partial charge is 0.469 e. The minimum absolute atomic E-state index is 0.216. The number of carbonyl (C=O) groups excluding carboxylic acids is 2. The molecule has 0 radical (unpaired) electrons. The first-order valence-electron chi connectivity index (χ1n) is 14.3. The second-order valence-corrected chi connectivity index (χ2v) is 11.0. The smallest absolute Gasteiger partial charge is 0.462 e. The van der Waals surface area contributed by atoms with Crippen molar-refractivity contribution in [3.05, 3.63) is 0 Å². The maximum absolute atomic E-state index is 12.2. The van der Waals surface area contributed by atoms with Crippen LogP contribution in [-0.4, -0.2) is 41.0 Å². The minimum atomic E-state index is -4.72. The van der Waals surface area contributed by atoms with Crippen molar-refractivity contribution >= 4 is 19.8 Å². The van der Waals surface area contributed by atoms with E-state index in [0.717, 1.165) is 38.5 Å². The number of ether oxygens (including phenoxy) is 2. The van der Waals surface area contributed by atoms with Crippen molar-refractivity contribution < 1.29 is 37.9 Å². The Balaban J connectivity index is 4.07. The van der Waals surface area contributed by atoms with E-state index in [-0.39, 0.29) is 19.4 Å². The molecule has 0 spiro atoms. The third kappa shape index (κ3) is 26.1. The Kier molecular flexibility index (Phi) is 23.7. The van der Waals surface area contributed by atoms with Crippen LogP contribution in [0.3, 0.4) is 0 Å². The van der Waals surface area contributed by atoms with Crippen molar-refractivity contribution in [3.8, 4) is 0 Å². The summed E-state index contributed by atoms with van der Waals surface area (Å²) >= 11 is 0. The number of hydrogen-bond donors (Lipinski definition) is 2. The summed E-state index contributed by atoms with van der Waals surface area (Å²) in [6.45, 7) is 3.59. The fraction of sp³-hybridized carbons (Fsp3) is 0.926. The Morgan fingerprint density at radius 3 is 1.42 bits per heavy atom. The predicted octanol–water partition coefficient (Wildman–Crippen LogP) is 7.39. The summed E-state index contributed by atoms with van der Waals surface area (Å²) < 4.78 is 26.0. The van der Waals surface area contributed by atoms with Crippen LogP contribution in [-0.2, 0) is 28.2 Å². The predicted molar refractivity (Wildman–Crippen MR) is 143 cm³/mol. The molecule has 0 aromatic heterocycles. The molecule has 0 aromatic rings. The Morgan fingerprint density at radius 2 is 1.00 bits per heavy atom. The lowest BCUT2D eigenvalue weighted by atomic mass is 10.1. The molecular formula is C27H53O8P. The highest BCUT2D eigenvalue weighted by Crippen LogP contribution is 2.35. The van der Waals surface area contributed by atoms with Gasteiger partial charge >= 0.3 is 19.8 Å². The van der Waals surface area contributed by atoms with Gasteiger partial charge in [-0.25, -0.2) is 4.57 Å². The molecule has 0 rings (SSSR count). The Hall–Kier alpha value is -0.950. The normalized spacial score (nSPS) is 12.4. The second kappa shape index (κ2) is 24.4. The fourth-order valence-electron chi connectivity index (χ4n) is 3.96. The summed E-state index contributed by atoms with van der Waals surface area (Å²) in [5.41, 5.74) is 0. The zero-order valence-corrected chi connectivity index (χ0v) is 23.8. The van der Waals surface area contributed by atoms with Crippen LogP contribution in [0.4, 0.5) is 0 Å². The Bertz CT molecular complexity index is 578. The molecule has 0 bridgehead atoms. The molecule has 0 aliphatic heterocycles. The van der Waals surface area contributed by atoms with E-state index in [1.54, 1.807) is 0 Å². The lowest BCUT2D eigenvalue weighted by molar-refractivity contribution is -0.161. The highest BCUT2D eigenvalue weighted by Gasteiger charge is 2.22. The van der Waals surface area contributed by atoms with E-state index < -0.39 is 32.5 Å². The molecule has 9 heteroatoms. The first-order chi connectivity index (χ1) is 17.3. The molecule has 0 aliphatic carbocycles. The molecule has 8 nitrogen and oxygen atoms in total. The Morgan fingerprint density at radius 1 is 0.611 bits per heavy atom. The molecule has 0 unspecified atom stereocenters. The third-order valence-electron chi connectivity index (χ3n) is 6.13. The van der Waals surface area contributed by atoms with Crippen LogP contribution in [0, 0.1) is 0 Å². The van der Waals surface area contributed by atoms with Crippen molar-refractivity contribution in [2.75, 3.05) is 13.2 Å². The molecule has 0 aromatic carbocycles. The van der Waals surface area contributed by atoms with Gasteiger partial charge in [0.1, 0.15) is 6.61 Å². The molecule has 214 valence electrons. The molecule has 0 aliphatic rings. The van der Waals surface area contributed by atoms with E-state index >= 15 is 0 Å². The van der Waals surface area contributed by atoms with Gasteiger partial charge in [0.15, 0.2) is 6.10 Å². The lowest BCUT2D eigenvalue weighted by Gasteiger charge is -2.18. The molecule has 2 N–H and O–H groups in total. The maximum atomic E-state index is 12.2. The van der Waals surface area contributed by atoms with Gasteiger partial charge in [-0.05, 0) is 12.8 Å². The molecular weight excluding hydrogens is 483 g/mol. The number of unbranched alkanes of at least 4 members (excludes halogenated alkanes) is 16. The zero-order chi connectivity index (χ0) is 26.9. The van der Waals surface area contributed by atoms with Gasteiger partial charge in [0, 0.05) is 12.8 Å². The number of carbonyl (C=O) groups is 2. The van der Waals surface area contributed by atoms with E-state index in [0.29, 0.717) is 6.42 Å². The minimum Gasteiger partial charge on any atom is -0.462 e. The maximum Gasteiger partial charge on any atom is 0.469 e. The average Bonchev–Trinajstić information content (AvgIpc) is 2.83. The first-order valence-corrected chi connectivity index (χ1v) is 15.9. The molecule has 0 saturated carbocycles. The highest BCUT2D eigenvalue weighted by atomic mass is 31.2. The number of rotatable bonds is 26. The van der Waals surface area contributed by atoms with Gasteiger partial charge < -0.3 is 19.3 Å². The van der Waals surface area contributed by atoms with Gasteiger partial charge in [0.05, 0.1) is 6.61 Å². The lowest BCUT2D eigenvalue weighted by Crippen LogP contribution is -2.29. The van der Waals surface area contributed by atoms with Crippen molar-refractivity contribution in [3.63, 3.8) is 0 Å².